The number of benzene rings is 2. The lowest BCUT2D eigenvalue weighted by molar-refractivity contribution is 0.199. The van der Waals surface area contributed by atoms with Gasteiger partial charge in [-0.3, -0.25) is 0 Å². The highest BCUT2D eigenvalue weighted by molar-refractivity contribution is 9.10. The Labute approximate surface area is 127 Å². The summed E-state index contributed by atoms with van der Waals surface area (Å²) in [6, 6.07) is 15.3. The Morgan fingerprint density at radius 3 is 2.35 bits per heavy atom. The van der Waals surface area contributed by atoms with Crippen LogP contribution in [0.3, 0.4) is 0 Å². The lowest BCUT2D eigenvalue weighted by Gasteiger charge is -2.22. The van der Waals surface area contributed by atoms with Crippen molar-refractivity contribution in [3.05, 3.63) is 58.1 Å². The summed E-state index contributed by atoms with van der Waals surface area (Å²) in [5.74, 6) is 0. The summed E-state index contributed by atoms with van der Waals surface area (Å²) in [7, 11) is 1.96. The standard InChI is InChI=1S/C16H15BrN2O/c1-11(20)13-5-8-16(15(17)9-13)19(2)14-6-3-12(10-18)4-7-14/h3-9,11,20H,1-2H3/t11-/m1/s1. The van der Waals surface area contributed by atoms with Crippen molar-refractivity contribution in [1.29, 1.82) is 5.26 Å². The van der Waals surface area contributed by atoms with Crippen molar-refractivity contribution in [2.45, 2.75) is 13.0 Å². The molecule has 20 heavy (non-hydrogen) atoms. The molecule has 0 saturated heterocycles. The number of nitrogens with zero attached hydrogens (tertiary/aromatic N) is 2. The highest BCUT2D eigenvalue weighted by Gasteiger charge is 2.10. The molecule has 4 heteroatoms. The fourth-order valence-electron chi connectivity index (χ4n) is 1.95. The van der Waals surface area contributed by atoms with Gasteiger partial charge in [0.05, 0.1) is 23.4 Å². The minimum atomic E-state index is -0.486. The largest absolute Gasteiger partial charge is 0.389 e. The van der Waals surface area contributed by atoms with E-state index in [0.29, 0.717) is 5.56 Å². The van der Waals surface area contributed by atoms with E-state index in [4.69, 9.17) is 5.26 Å². The fraction of sp³-hybridized carbons (Fsp3) is 0.188. The normalized spacial score (nSPS) is 11.8. The van der Waals surface area contributed by atoms with E-state index in [2.05, 4.69) is 22.0 Å². The molecule has 102 valence electrons. The van der Waals surface area contributed by atoms with Gasteiger partial charge in [-0.05, 0) is 64.8 Å². The zero-order valence-electron chi connectivity index (χ0n) is 11.3. The van der Waals surface area contributed by atoms with Crippen LogP contribution in [0.2, 0.25) is 0 Å². The van der Waals surface area contributed by atoms with Crippen LogP contribution >= 0.6 is 15.9 Å². The van der Waals surface area contributed by atoms with Crippen LogP contribution in [0.25, 0.3) is 0 Å². The maximum Gasteiger partial charge on any atom is 0.0991 e. The molecule has 0 aliphatic carbocycles. The number of hydrogen-bond acceptors (Lipinski definition) is 3. The number of aliphatic hydroxyl groups excluding tert-OH is 1. The van der Waals surface area contributed by atoms with Crippen molar-refractivity contribution in [3.8, 4) is 6.07 Å². The first-order chi connectivity index (χ1) is 9.52. The minimum Gasteiger partial charge on any atom is -0.389 e. The molecule has 0 spiro atoms. The Morgan fingerprint density at radius 2 is 1.85 bits per heavy atom. The molecule has 1 N–H and O–H groups in total. The van der Waals surface area contributed by atoms with E-state index in [1.807, 2.05) is 42.3 Å². The van der Waals surface area contributed by atoms with Gasteiger partial charge in [0.1, 0.15) is 0 Å². The molecule has 3 nitrogen and oxygen atoms in total. The second kappa shape index (κ2) is 6.08. The summed E-state index contributed by atoms with van der Waals surface area (Å²) in [6.07, 6.45) is -0.486. The van der Waals surface area contributed by atoms with Crippen LogP contribution in [0.4, 0.5) is 11.4 Å². The summed E-state index contributed by atoms with van der Waals surface area (Å²) >= 11 is 3.54. The quantitative estimate of drug-likeness (QED) is 0.919. The first-order valence-corrected chi connectivity index (χ1v) is 7.03. The van der Waals surface area contributed by atoms with E-state index in [-0.39, 0.29) is 0 Å². The third-order valence-corrected chi connectivity index (χ3v) is 3.83. The van der Waals surface area contributed by atoms with Gasteiger partial charge in [-0.2, -0.15) is 5.26 Å². The second-order valence-corrected chi connectivity index (χ2v) is 5.46. The van der Waals surface area contributed by atoms with Gasteiger partial charge in [0, 0.05) is 17.2 Å². The lowest BCUT2D eigenvalue weighted by Crippen LogP contribution is -2.10. The number of anilines is 2. The average Bonchev–Trinajstić information content (AvgIpc) is 2.46. The average molecular weight is 331 g/mol. The van der Waals surface area contributed by atoms with Gasteiger partial charge >= 0.3 is 0 Å². The molecule has 0 fully saturated rings. The molecule has 2 rings (SSSR count). The van der Waals surface area contributed by atoms with Crippen LogP contribution in [0, 0.1) is 11.3 Å². The van der Waals surface area contributed by atoms with Gasteiger partial charge in [-0.25, -0.2) is 0 Å². The number of aliphatic hydroxyl groups is 1. The first-order valence-electron chi connectivity index (χ1n) is 6.24. The highest BCUT2D eigenvalue weighted by Crippen LogP contribution is 2.32. The number of rotatable bonds is 3. The van der Waals surface area contributed by atoms with Gasteiger partial charge in [0.2, 0.25) is 0 Å². The molecule has 0 aliphatic rings. The Bertz CT molecular complexity index is 645. The van der Waals surface area contributed by atoms with E-state index in [0.717, 1.165) is 21.4 Å². The fourth-order valence-corrected chi connectivity index (χ4v) is 2.62. The lowest BCUT2D eigenvalue weighted by atomic mass is 10.1. The molecule has 2 aromatic carbocycles. The summed E-state index contributed by atoms with van der Waals surface area (Å²) in [5, 5.41) is 18.4. The van der Waals surface area contributed by atoms with Gasteiger partial charge in [0.25, 0.3) is 0 Å². The molecule has 0 amide bonds. The van der Waals surface area contributed by atoms with Crippen LogP contribution in [0.1, 0.15) is 24.2 Å². The maximum atomic E-state index is 9.59. The van der Waals surface area contributed by atoms with Crippen LogP contribution in [-0.2, 0) is 0 Å². The Hall–Kier alpha value is -1.83. The number of hydrogen-bond donors (Lipinski definition) is 1. The van der Waals surface area contributed by atoms with Crippen LogP contribution in [0.5, 0.6) is 0 Å². The van der Waals surface area contributed by atoms with Crippen molar-refractivity contribution >= 4 is 27.3 Å². The molecule has 0 bridgehead atoms. The molecule has 0 aromatic heterocycles. The summed E-state index contributed by atoms with van der Waals surface area (Å²) < 4.78 is 0.919. The van der Waals surface area contributed by atoms with Crippen LogP contribution < -0.4 is 4.90 Å². The first kappa shape index (κ1) is 14.6. The Morgan fingerprint density at radius 1 is 1.20 bits per heavy atom. The van der Waals surface area contributed by atoms with Crippen LogP contribution in [0.15, 0.2) is 46.9 Å². The number of halogens is 1. The number of nitriles is 1. The summed E-state index contributed by atoms with van der Waals surface area (Å²) in [4.78, 5) is 2.02. The molecule has 2 aromatic rings. The third kappa shape index (κ3) is 3.01. The molecular weight excluding hydrogens is 316 g/mol. The third-order valence-electron chi connectivity index (χ3n) is 3.20. The molecule has 0 aliphatic heterocycles. The van der Waals surface area contributed by atoms with E-state index in [9.17, 15) is 5.11 Å². The van der Waals surface area contributed by atoms with Gasteiger partial charge in [0.15, 0.2) is 0 Å². The van der Waals surface area contributed by atoms with Crippen molar-refractivity contribution in [2.24, 2.45) is 0 Å². The Kier molecular flexibility index (Phi) is 4.43. The molecule has 0 radical (unpaired) electrons. The van der Waals surface area contributed by atoms with Crippen molar-refractivity contribution in [2.75, 3.05) is 11.9 Å². The van der Waals surface area contributed by atoms with E-state index in [1.54, 1.807) is 19.1 Å². The zero-order valence-corrected chi connectivity index (χ0v) is 12.9. The van der Waals surface area contributed by atoms with Crippen molar-refractivity contribution < 1.29 is 5.11 Å². The van der Waals surface area contributed by atoms with Gasteiger partial charge in [-0.15, -0.1) is 0 Å². The zero-order chi connectivity index (χ0) is 14.7. The second-order valence-electron chi connectivity index (χ2n) is 4.60. The molecule has 0 heterocycles. The van der Waals surface area contributed by atoms with Gasteiger partial charge < -0.3 is 10.0 Å². The van der Waals surface area contributed by atoms with E-state index in [1.165, 1.54) is 0 Å². The van der Waals surface area contributed by atoms with Crippen molar-refractivity contribution in [3.63, 3.8) is 0 Å². The van der Waals surface area contributed by atoms with E-state index >= 15 is 0 Å². The molecule has 0 saturated carbocycles. The van der Waals surface area contributed by atoms with Gasteiger partial charge in [-0.1, -0.05) is 6.07 Å². The molecule has 0 unspecified atom stereocenters. The smallest absolute Gasteiger partial charge is 0.0991 e. The summed E-state index contributed by atoms with van der Waals surface area (Å²) in [5.41, 5.74) is 3.51. The van der Waals surface area contributed by atoms with Crippen LogP contribution in [-0.4, -0.2) is 12.2 Å². The monoisotopic (exact) mass is 330 g/mol. The van der Waals surface area contributed by atoms with Crippen molar-refractivity contribution in [1.82, 2.24) is 0 Å². The highest BCUT2D eigenvalue weighted by atomic mass is 79.9. The SMILES string of the molecule is C[C@@H](O)c1ccc(N(C)c2ccc(C#N)cc2)c(Br)c1. The van der Waals surface area contributed by atoms with E-state index < -0.39 is 6.10 Å². The summed E-state index contributed by atoms with van der Waals surface area (Å²) in [6.45, 7) is 1.74. The predicted molar refractivity (Wildman–Crippen MR) is 84.0 cm³/mol. The molecule has 1 atom stereocenters. The maximum absolute atomic E-state index is 9.59. The predicted octanol–water partition coefficient (Wildman–Crippen LogP) is 4.14. The topological polar surface area (TPSA) is 47.3 Å². The molecular formula is C16H15BrN2O. The Balaban J connectivity index is 2.33. The minimum absolute atomic E-state index is 0.486.